The van der Waals surface area contributed by atoms with E-state index < -0.39 is 0 Å². The third-order valence-corrected chi connectivity index (χ3v) is 7.33. The van der Waals surface area contributed by atoms with Crippen molar-refractivity contribution in [3.8, 4) is 5.75 Å². The number of carbonyl (C=O) groups is 2. The standard InChI is InChI=1S/C27H37N3O3/c1-20(2)23-10-8-22(9-11-23)19-30-17-14-27(33-25-7-5-4-6-24(25)30)12-15-29(16-13-27)26(32)18-28-21(3)31/h4-10,20,23H,11-19H2,1-3H3,(H,28,31). The molecule has 1 atom stereocenters. The highest BCUT2D eigenvalue weighted by atomic mass is 16.5. The van der Waals surface area contributed by atoms with Gasteiger partial charge in [-0.2, -0.15) is 0 Å². The quantitative estimate of drug-likeness (QED) is 0.737. The molecular formula is C27H37N3O3. The highest BCUT2D eigenvalue weighted by molar-refractivity contribution is 5.83. The van der Waals surface area contributed by atoms with Crippen molar-refractivity contribution in [3.05, 3.63) is 48.1 Å². The zero-order valence-corrected chi connectivity index (χ0v) is 20.2. The number of nitrogens with zero attached hydrogens (tertiary/aromatic N) is 2. The van der Waals surface area contributed by atoms with Gasteiger partial charge in [-0.15, -0.1) is 0 Å². The topological polar surface area (TPSA) is 61.9 Å². The molecule has 178 valence electrons. The molecule has 1 aliphatic carbocycles. The molecule has 33 heavy (non-hydrogen) atoms. The van der Waals surface area contributed by atoms with Gasteiger partial charge in [-0.25, -0.2) is 0 Å². The molecule has 1 fully saturated rings. The van der Waals surface area contributed by atoms with Gasteiger partial charge in [-0.05, 0) is 36.0 Å². The summed E-state index contributed by atoms with van der Waals surface area (Å²) in [6.07, 6.45) is 10.7. The maximum atomic E-state index is 12.4. The Hall–Kier alpha value is -2.76. The lowest BCUT2D eigenvalue weighted by atomic mass is 9.87. The van der Waals surface area contributed by atoms with Gasteiger partial charge in [0.15, 0.2) is 0 Å². The predicted molar refractivity (Wildman–Crippen MR) is 131 cm³/mol. The Morgan fingerprint density at radius 3 is 2.55 bits per heavy atom. The number of hydrogen-bond donors (Lipinski definition) is 1. The van der Waals surface area contributed by atoms with Gasteiger partial charge >= 0.3 is 0 Å². The van der Waals surface area contributed by atoms with Gasteiger partial charge in [0.25, 0.3) is 0 Å². The van der Waals surface area contributed by atoms with Crippen LogP contribution in [0.25, 0.3) is 0 Å². The number of likely N-dealkylation sites (tertiary alicyclic amines) is 1. The third kappa shape index (κ3) is 5.60. The van der Waals surface area contributed by atoms with E-state index in [4.69, 9.17) is 4.74 Å². The number of rotatable bonds is 5. The zero-order valence-electron chi connectivity index (χ0n) is 20.2. The van der Waals surface area contributed by atoms with Crippen molar-refractivity contribution >= 4 is 17.5 Å². The number of ether oxygens (including phenoxy) is 1. The van der Waals surface area contributed by atoms with Crippen LogP contribution in [0.3, 0.4) is 0 Å². The molecule has 2 amide bonds. The lowest BCUT2D eigenvalue weighted by Crippen LogP contribution is -2.52. The van der Waals surface area contributed by atoms with Crippen molar-refractivity contribution in [2.75, 3.05) is 37.6 Å². The van der Waals surface area contributed by atoms with Crippen molar-refractivity contribution in [3.63, 3.8) is 0 Å². The second-order valence-corrected chi connectivity index (χ2v) is 10.00. The second kappa shape index (κ2) is 10.0. The summed E-state index contributed by atoms with van der Waals surface area (Å²) in [4.78, 5) is 27.9. The summed E-state index contributed by atoms with van der Waals surface area (Å²) in [5, 5.41) is 2.61. The molecule has 0 saturated carbocycles. The van der Waals surface area contributed by atoms with Crippen LogP contribution < -0.4 is 15.0 Å². The average Bonchev–Trinajstić information content (AvgIpc) is 2.95. The molecular weight excluding hydrogens is 414 g/mol. The lowest BCUT2D eigenvalue weighted by Gasteiger charge is -2.41. The average molecular weight is 452 g/mol. The minimum absolute atomic E-state index is 0.0218. The molecule has 2 heterocycles. The third-order valence-electron chi connectivity index (χ3n) is 7.33. The molecule has 0 aromatic heterocycles. The van der Waals surface area contributed by atoms with E-state index in [0.29, 0.717) is 24.9 Å². The zero-order chi connectivity index (χ0) is 23.4. The Morgan fingerprint density at radius 1 is 1.15 bits per heavy atom. The van der Waals surface area contributed by atoms with Gasteiger partial charge in [-0.1, -0.05) is 44.2 Å². The molecule has 1 aromatic carbocycles. The maximum Gasteiger partial charge on any atom is 0.241 e. The fraction of sp³-hybridized carbons (Fsp3) is 0.556. The summed E-state index contributed by atoms with van der Waals surface area (Å²) < 4.78 is 6.69. The molecule has 0 bridgehead atoms. The van der Waals surface area contributed by atoms with Crippen LogP contribution in [0.4, 0.5) is 5.69 Å². The van der Waals surface area contributed by atoms with Crippen molar-refractivity contribution in [1.29, 1.82) is 0 Å². The highest BCUT2D eigenvalue weighted by Gasteiger charge is 2.40. The Bertz CT molecular complexity index is 928. The van der Waals surface area contributed by atoms with Gasteiger partial charge in [-0.3, -0.25) is 9.59 Å². The number of anilines is 1. The number of amides is 2. The number of allylic oxidation sites excluding steroid dienone is 2. The van der Waals surface area contributed by atoms with E-state index in [9.17, 15) is 9.59 Å². The molecule has 3 aliphatic rings. The molecule has 2 aliphatic heterocycles. The SMILES string of the molecule is CC(=O)NCC(=O)N1CCC2(CC1)CCN(CC1=CCC(C(C)C)C=C1)c1ccccc1O2. The normalized spacial score (nSPS) is 21.8. The Balaban J connectivity index is 1.43. The molecule has 1 saturated heterocycles. The summed E-state index contributed by atoms with van der Waals surface area (Å²) in [5.74, 6) is 2.04. The van der Waals surface area contributed by atoms with Crippen molar-refractivity contribution in [1.82, 2.24) is 10.2 Å². The molecule has 6 heteroatoms. The number of benzene rings is 1. The highest BCUT2D eigenvalue weighted by Crippen LogP contribution is 2.41. The first-order chi connectivity index (χ1) is 15.8. The summed E-state index contributed by atoms with van der Waals surface area (Å²) >= 11 is 0. The van der Waals surface area contributed by atoms with Crippen LogP contribution in [0.5, 0.6) is 5.75 Å². The monoisotopic (exact) mass is 451 g/mol. The van der Waals surface area contributed by atoms with E-state index >= 15 is 0 Å². The van der Waals surface area contributed by atoms with Crippen LogP contribution >= 0.6 is 0 Å². The minimum Gasteiger partial charge on any atom is -0.485 e. The fourth-order valence-electron chi connectivity index (χ4n) is 5.05. The molecule has 0 radical (unpaired) electrons. The fourth-order valence-corrected chi connectivity index (χ4v) is 5.05. The number of carbonyl (C=O) groups excluding carboxylic acids is 2. The first-order valence-electron chi connectivity index (χ1n) is 12.3. The second-order valence-electron chi connectivity index (χ2n) is 10.00. The summed E-state index contributed by atoms with van der Waals surface area (Å²) in [6, 6.07) is 8.35. The summed E-state index contributed by atoms with van der Waals surface area (Å²) in [5.41, 5.74) is 2.27. The first kappa shape index (κ1) is 23.4. The Labute approximate surface area is 197 Å². The van der Waals surface area contributed by atoms with Crippen LogP contribution in [0, 0.1) is 11.8 Å². The van der Waals surface area contributed by atoms with Crippen LogP contribution in [0.1, 0.15) is 46.5 Å². The predicted octanol–water partition coefficient (Wildman–Crippen LogP) is 3.93. The summed E-state index contributed by atoms with van der Waals surface area (Å²) in [7, 11) is 0. The van der Waals surface area contributed by atoms with E-state index in [-0.39, 0.29) is 24.0 Å². The largest absolute Gasteiger partial charge is 0.485 e. The molecule has 4 rings (SSSR count). The summed E-state index contributed by atoms with van der Waals surface area (Å²) in [6.45, 7) is 9.20. The lowest BCUT2D eigenvalue weighted by molar-refractivity contribution is -0.135. The maximum absolute atomic E-state index is 12.4. The van der Waals surface area contributed by atoms with Gasteiger partial charge in [0, 0.05) is 52.4 Å². The van der Waals surface area contributed by atoms with Gasteiger partial charge in [0.1, 0.15) is 11.4 Å². The molecule has 1 spiro atoms. The van der Waals surface area contributed by atoms with Gasteiger partial charge < -0.3 is 19.9 Å². The van der Waals surface area contributed by atoms with Crippen molar-refractivity contribution in [2.24, 2.45) is 11.8 Å². The molecule has 1 unspecified atom stereocenters. The number of fused-ring (bicyclic) bond motifs is 1. The van der Waals surface area contributed by atoms with E-state index in [2.05, 4.69) is 60.5 Å². The number of nitrogens with one attached hydrogen (secondary N) is 1. The van der Waals surface area contributed by atoms with Crippen LogP contribution in [-0.2, 0) is 9.59 Å². The van der Waals surface area contributed by atoms with Crippen LogP contribution in [0.2, 0.25) is 0 Å². The Kier molecular flexibility index (Phi) is 7.11. The first-order valence-corrected chi connectivity index (χ1v) is 12.3. The molecule has 1 N–H and O–H groups in total. The minimum atomic E-state index is -0.255. The van der Waals surface area contributed by atoms with Gasteiger partial charge in [0.05, 0.1) is 12.2 Å². The smallest absolute Gasteiger partial charge is 0.241 e. The van der Waals surface area contributed by atoms with E-state index in [1.165, 1.54) is 12.5 Å². The van der Waals surface area contributed by atoms with Crippen molar-refractivity contribution < 1.29 is 14.3 Å². The van der Waals surface area contributed by atoms with E-state index in [0.717, 1.165) is 50.2 Å². The van der Waals surface area contributed by atoms with E-state index in [1.807, 2.05) is 11.0 Å². The van der Waals surface area contributed by atoms with Crippen molar-refractivity contribution in [2.45, 2.75) is 52.1 Å². The van der Waals surface area contributed by atoms with E-state index in [1.54, 1.807) is 0 Å². The van der Waals surface area contributed by atoms with Gasteiger partial charge in [0.2, 0.25) is 11.8 Å². The van der Waals surface area contributed by atoms with Crippen LogP contribution in [0.15, 0.2) is 48.1 Å². The number of piperidine rings is 1. The number of para-hydroxylation sites is 2. The molecule has 6 nitrogen and oxygen atoms in total. The Morgan fingerprint density at radius 2 is 1.88 bits per heavy atom. The molecule has 1 aromatic rings. The van der Waals surface area contributed by atoms with Crippen LogP contribution in [-0.4, -0.2) is 55.0 Å². The number of hydrogen-bond acceptors (Lipinski definition) is 4.